The van der Waals surface area contributed by atoms with Crippen molar-refractivity contribution in [3.63, 3.8) is 0 Å². The van der Waals surface area contributed by atoms with Gasteiger partial charge in [-0.05, 0) is 25.5 Å². The molecule has 0 aliphatic rings. The third-order valence-corrected chi connectivity index (χ3v) is 2.82. The Morgan fingerprint density at radius 3 is 2.56 bits per heavy atom. The number of hydrogen-bond acceptors (Lipinski definition) is 3. The molecule has 0 radical (unpaired) electrons. The molecule has 16 heavy (non-hydrogen) atoms. The predicted octanol–water partition coefficient (Wildman–Crippen LogP) is 2.61. The first-order chi connectivity index (χ1) is 7.00. The molecule has 0 amide bonds. The van der Waals surface area contributed by atoms with Crippen LogP contribution < -0.4 is 5.73 Å². The summed E-state index contributed by atoms with van der Waals surface area (Å²) in [5, 5.41) is 0. The third-order valence-electron chi connectivity index (χ3n) is 2.13. The topological polar surface area (TPSA) is 52.3 Å². The van der Waals surface area contributed by atoms with Crippen molar-refractivity contribution in [2.75, 3.05) is 6.61 Å². The van der Waals surface area contributed by atoms with Gasteiger partial charge >= 0.3 is 5.97 Å². The minimum atomic E-state index is -1.11. The second-order valence-corrected chi connectivity index (χ2v) is 4.26. The Kier molecular flexibility index (Phi) is 6.00. The number of benzene rings is 1. The van der Waals surface area contributed by atoms with Gasteiger partial charge < -0.3 is 10.5 Å². The van der Waals surface area contributed by atoms with Crippen LogP contribution in [0.15, 0.2) is 28.7 Å². The number of ether oxygens (including phenoxy) is 1. The molecule has 0 aliphatic heterocycles. The first kappa shape index (κ1) is 15.4. The van der Waals surface area contributed by atoms with E-state index in [9.17, 15) is 4.79 Å². The standard InChI is InChI=1S/C11H14BrNO2.ClH/c1-3-15-10(14)11(2,13)8-6-4-5-7-9(8)12;/h4-7H,3,13H2,1-2H3;1H. The molecular weight excluding hydrogens is 293 g/mol. The van der Waals surface area contributed by atoms with Gasteiger partial charge in [-0.1, -0.05) is 34.1 Å². The number of nitrogens with two attached hydrogens (primary N) is 1. The third kappa shape index (κ3) is 3.20. The maximum absolute atomic E-state index is 11.6. The minimum absolute atomic E-state index is 0. The first-order valence-electron chi connectivity index (χ1n) is 4.71. The average Bonchev–Trinajstić information content (AvgIpc) is 2.18. The molecular formula is C11H15BrClNO2. The zero-order valence-electron chi connectivity index (χ0n) is 9.20. The van der Waals surface area contributed by atoms with E-state index >= 15 is 0 Å². The highest BCUT2D eigenvalue weighted by Crippen LogP contribution is 2.27. The molecule has 0 spiro atoms. The van der Waals surface area contributed by atoms with E-state index in [0.29, 0.717) is 6.61 Å². The summed E-state index contributed by atoms with van der Waals surface area (Å²) in [5.41, 5.74) is 5.57. The lowest BCUT2D eigenvalue weighted by Gasteiger charge is -2.23. The van der Waals surface area contributed by atoms with Crippen LogP contribution in [0.4, 0.5) is 0 Å². The molecule has 1 unspecified atom stereocenters. The van der Waals surface area contributed by atoms with E-state index in [2.05, 4.69) is 15.9 Å². The van der Waals surface area contributed by atoms with Crippen molar-refractivity contribution in [2.24, 2.45) is 5.73 Å². The quantitative estimate of drug-likeness (QED) is 0.873. The number of carbonyl (C=O) groups is 1. The van der Waals surface area contributed by atoms with E-state index in [-0.39, 0.29) is 12.4 Å². The lowest BCUT2D eigenvalue weighted by molar-refractivity contribution is -0.149. The minimum Gasteiger partial charge on any atom is -0.464 e. The first-order valence-corrected chi connectivity index (χ1v) is 5.50. The van der Waals surface area contributed by atoms with Crippen LogP contribution in [0.1, 0.15) is 19.4 Å². The van der Waals surface area contributed by atoms with Gasteiger partial charge in [-0.25, -0.2) is 4.79 Å². The Bertz CT molecular complexity index is 369. The van der Waals surface area contributed by atoms with Crippen LogP contribution in [0.2, 0.25) is 0 Å². The molecule has 0 fully saturated rings. The molecule has 0 heterocycles. The zero-order chi connectivity index (χ0) is 11.5. The summed E-state index contributed by atoms with van der Waals surface area (Å²) >= 11 is 3.36. The Balaban J connectivity index is 0.00000225. The molecule has 1 rings (SSSR count). The monoisotopic (exact) mass is 307 g/mol. The highest BCUT2D eigenvalue weighted by Gasteiger charge is 2.33. The molecule has 3 nitrogen and oxygen atoms in total. The fourth-order valence-electron chi connectivity index (χ4n) is 1.27. The summed E-state index contributed by atoms with van der Waals surface area (Å²) in [6.07, 6.45) is 0. The van der Waals surface area contributed by atoms with E-state index in [1.807, 2.05) is 18.2 Å². The van der Waals surface area contributed by atoms with Crippen LogP contribution in [-0.4, -0.2) is 12.6 Å². The number of hydrogen-bond donors (Lipinski definition) is 1. The van der Waals surface area contributed by atoms with E-state index < -0.39 is 11.5 Å². The Morgan fingerprint density at radius 2 is 2.06 bits per heavy atom. The molecule has 5 heteroatoms. The van der Waals surface area contributed by atoms with E-state index in [1.54, 1.807) is 19.9 Å². The van der Waals surface area contributed by atoms with Gasteiger partial charge in [0.2, 0.25) is 0 Å². The van der Waals surface area contributed by atoms with Gasteiger partial charge in [0.25, 0.3) is 0 Å². The maximum Gasteiger partial charge on any atom is 0.330 e. The van der Waals surface area contributed by atoms with Crippen molar-refractivity contribution in [1.82, 2.24) is 0 Å². The summed E-state index contributed by atoms with van der Waals surface area (Å²) in [6.45, 7) is 3.73. The maximum atomic E-state index is 11.6. The summed E-state index contributed by atoms with van der Waals surface area (Å²) in [6, 6.07) is 7.36. The molecule has 2 N–H and O–H groups in total. The molecule has 90 valence electrons. The number of halogens is 2. The predicted molar refractivity (Wildman–Crippen MR) is 69.6 cm³/mol. The van der Waals surface area contributed by atoms with Crippen molar-refractivity contribution in [3.8, 4) is 0 Å². The molecule has 1 aromatic carbocycles. The lowest BCUT2D eigenvalue weighted by atomic mass is 9.93. The number of esters is 1. The van der Waals surface area contributed by atoms with Crippen LogP contribution in [0, 0.1) is 0 Å². The summed E-state index contributed by atoms with van der Waals surface area (Å²) < 4.78 is 5.74. The SMILES string of the molecule is CCOC(=O)C(C)(N)c1ccccc1Br.Cl. The van der Waals surface area contributed by atoms with Gasteiger partial charge in [0.1, 0.15) is 5.54 Å². The van der Waals surface area contributed by atoms with Crippen molar-refractivity contribution in [2.45, 2.75) is 19.4 Å². The van der Waals surface area contributed by atoms with E-state index in [1.165, 1.54) is 0 Å². The summed E-state index contributed by atoms with van der Waals surface area (Å²) in [5.74, 6) is -0.420. The van der Waals surface area contributed by atoms with Crippen molar-refractivity contribution >= 4 is 34.3 Å². The Hall–Kier alpha value is -0.580. The molecule has 0 saturated heterocycles. The Morgan fingerprint density at radius 1 is 1.50 bits per heavy atom. The van der Waals surface area contributed by atoms with Crippen molar-refractivity contribution in [1.29, 1.82) is 0 Å². The van der Waals surface area contributed by atoms with Crippen LogP contribution in [0.25, 0.3) is 0 Å². The normalized spacial score (nSPS) is 13.5. The van der Waals surface area contributed by atoms with E-state index in [4.69, 9.17) is 10.5 Å². The smallest absolute Gasteiger partial charge is 0.330 e. The van der Waals surface area contributed by atoms with Crippen LogP contribution in [0.5, 0.6) is 0 Å². The number of rotatable bonds is 3. The molecule has 1 atom stereocenters. The Labute approximate surface area is 110 Å². The number of carbonyl (C=O) groups excluding carboxylic acids is 1. The summed E-state index contributed by atoms with van der Waals surface area (Å²) in [7, 11) is 0. The highest BCUT2D eigenvalue weighted by atomic mass is 79.9. The largest absolute Gasteiger partial charge is 0.464 e. The van der Waals surface area contributed by atoms with Gasteiger partial charge in [-0.2, -0.15) is 0 Å². The second-order valence-electron chi connectivity index (χ2n) is 3.40. The van der Waals surface area contributed by atoms with E-state index in [0.717, 1.165) is 10.0 Å². The second kappa shape index (κ2) is 6.23. The van der Waals surface area contributed by atoms with Gasteiger partial charge in [0.15, 0.2) is 0 Å². The molecule has 1 aromatic rings. The van der Waals surface area contributed by atoms with Crippen LogP contribution in [0.3, 0.4) is 0 Å². The van der Waals surface area contributed by atoms with Crippen LogP contribution in [-0.2, 0) is 15.1 Å². The van der Waals surface area contributed by atoms with Crippen molar-refractivity contribution in [3.05, 3.63) is 34.3 Å². The van der Waals surface area contributed by atoms with Gasteiger partial charge in [-0.3, -0.25) is 0 Å². The van der Waals surface area contributed by atoms with Crippen molar-refractivity contribution < 1.29 is 9.53 Å². The van der Waals surface area contributed by atoms with Gasteiger partial charge in [0.05, 0.1) is 6.61 Å². The lowest BCUT2D eigenvalue weighted by Crippen LogP contribution is -2.43. The van der Waals surface area contributed by atoms with Gasteiger partial charge in [-0.15, -0.1) is 12.4 Å². The molecule has 0 aliphatic carbocycles. The molecule has 0 aromatic heterocycles. The van der Waals surface area contributed by atoms with Gasteiger partial charge in [0, 0.05) is 4.47 Å². The zero-order valence-corrected chi connectivity index (χ0v) is 11.6. The molecule has 0 saturated carbocycles. The fourth-order valence-corrected chi connectivity index (χ4v) is 1.97. The van der Waals surface area contributed by atoms with Crippen LogP contribution >= 0.6 is 28.3 Å². The molecule has 0 bridgehead atoms. The average molecular weight is 309 g/mol. The highest BCUT2D eigenvalue weighted by molar-refractivity contribution is 9.10. The fraction of sp³-hybridized carbons (Fsp3) is 0.364. The summed E-state index contributed by atoms with van der Waals surface area (Å²) in [4.78, 5) is 11.6.